The van der Waals surface area contributed by atoms with Crippen LogP contribution in [0.5, 0.6) is 11.5 Å². The molecule has 0 aliphatic heterocycles. The molecule has 9 heteroatoms. The quantitative estimate of drug-likeness (QED) is 0.331. The third-order valence-corrected chi connectivity index (χ3v) is 6.44. The molecule has 36 heavy (non-hydrogen) atoms. The Morgan fingerprint density at radius 3 is 2.53 bits per heavy atom. The molecule has 192 valence electrons. The Labute approximate surface area is 219 Å². The number of aromatic hydroxyl groups is 1. The molecule has 0 saturated heterocycles. The van der Waals surface area contributed by atoms with Crippen LogP contribution in [0.3, 0.4) is 0 Å². The Hall–Kier alpha value is -3.14. The van der Waals surface area contributed by atoms with Gasteiger partial charge in [-0.05, 0) is 48.2 Å². The number of nitrogens with zero attached hydrogens (tertiary/aromatic N) is 1. The van der Waals surface area contributed by atoms with E-state index < -0.39 is 6.04 Å². The van der Waals surface area contributed by atoms with Crippen LogP contribution in [0, 0.1) is 5.92 Å². The van der Waals surface area contributed by atoms with Crippen molar-refractivity contribution in [1.82, 2.24) is 10.6 Å². The molecule has 3 rings (SSSR count). The second-order valence-corrected chi connectivity index (χ2v) is 9.45. The monoisotopic (exact) mass is 557 g/mol. The van der Waals surface area contributed by atoms with Gasteiger partial charge in [0.2, 0.25) is 11.8 Å². The Kier molecular flexibility index (Phi) is 9.69. The number of para-hydroxylation sites is 2. The maximum absolute atomic E-state index is 14.1. The Balaban J connectivity index is 2.13. The van der Waals surface area contributed by atoms with Gasteiger partial charge >= 0.3 is 0 Å². The van der Waals surface area contributed by atoms with Crippen molar-refractivity contribution in [3.05, 3.63) is 64.6 Å². The van der Waals surface area contributed by atoms with Crippen LogP contribution in [0.4, 0.5) is 5.69 Å². The zero-order valence-electron chi connectivity index (χ0n) is 20.9. The van der Waals surface area contributed by atoms with E-state index in [1.807, 2.05) is 37.3 Å². The van der Waals surface area contributed by atoms with E-state index in [0.717, 1.165) is 20.8 Å². The molecule has 0 aromatic heterocycles. The van der Waals surface area contributed by atoms with Crippen molar-refractivity contribution < 1.29 is 24.2 Å². The van der Waals surface area contributed by atoms with Gasteiger partial charge in [0.05, 0.1) is 32.5 Å². The van der Waals surface area contributed by atoms with Crippen molar-refractivity contribution in [3.8, 4) is 11.5 Å². The van der Waals surface area contributed by atoms with Crippen molar-refractivity contribution in [2.75, 3.05) is 39.3 Å². The summed E-state index contributed by atoms with van der Waals surface area (Å²) in [5, 5.41) is 18.2. The number of carbonyl (C=O) groups excluding carboxylic acids is 2. The molecule has 0 saturated carbocycles. The average Bonchev–Trinajstić information content (AvgIpc) is 2.86. The zero-order chi connectivity index (χ0) is 26.2. The summed E-state index contributed by atoms with van der Waals surface area (Å²) in [5.41, 5.74) is 1.11. The van der Waals surface area contributed by atoms with E-state index in [2.05, 4.69) is 26.6 Å². The minimum absolute atomic E-state index is 0.0486. The van der Waals surface area contributed by atoms with Crippen LogP contribution in [0.15, 0.2) is 59.1 Å². The number of methoxy groups -OCH3 is 2. The number of phenolic OH excluding ortho intramolecular Hbond substituents is 1. The van der Waals surface area contributed by atoms with Gasteiger partial charge in [0.15, 0.2) is 0 Å². The van der Waals surface area contributed by atoms with Crippen LogP contribution in [0.2, 0.25) is 0 Å². The lowest BCUT2D eigenvalue weighted by Crippen LogP contribution is -2.54. The van der Waals surface area contributed by atoms with Crippen LogP contribution < -0.4 is 20.3 Å². The summed E-state index contributed by atoms with van der Waals surface area (Å²) in [7, 11) is 4.79. The molecule has 0 heterocycles. The highest BCUT2D eigenvalue weighted by atomic mass is 79.9. The largest absolute Gasteiger partial charge is 0.506 e. The summed E-state index contributed by atoms with van der Waals surface area (Å²) in [5.74, 6) is -0.460. The fourth-order valence-corrected chi connectivity index (χ4v) is 4.57. The van der Waals surface area contributed by atoms with Crippen LogP contribution in [0.25, 0.3) is 10.8 Å². The van der Waals surface area contributed by atoms with Crippen LogP contribution in [-0.4, -0.2) is 57.4 Å². The number of likely N-dealkylation sites (N-methyl/N-ethyl adjacent to an activating group) is 1. The number of anilines is 1. The molecule has 0 aliphatic carbocycles. The van der Waals surface area contributed by atoms with E-state index in [-0.39, 0.29) is 43.2 Å². The number of halogens is 1. The number of nitrogens with one attached hydrogen (secondary N) is 2. The van der Waals surface area contributed by atoms with Crippen LogP contribution in [0.1, 0.15) is 12.5 Å². The summed E-state index contributed by atoms with van der Waals surface area (Å²) < 4.78 is 11.9. The normalized spacial score (nSPS) is 12.7. The predicted molar refractivity (Wildman–Crippen MR) is 144 cm³/mol. The van der Waals surface area contributed by atoms with Crippen molar-refractivity contribution >= 4 is 44.2 Å². The van der Waals surface area contributed by atoms with E-state index >= 15 is 0 Å². The fraction of sp³-hybridized carbons (Fsp3) is 0.333. The number of hydrogen-bond donors (Lipinski definition) is 3. The van der Waals surface area contributed by atoms with Gasteiger partial charge in [-0.3, -0.25) is 9.59 Å². The van der Waals surface area contributed by atoms with E-state index in [4.69, 9.17) is 9.47 Å². The predicted octanol–water partition coefficient (Wildman–Crippen LogP) is 3.84. The molecule has 0 fully saturated rings. The number of ether oxygens (including phenoxy) is 2. The Morgan fingerprint density at radius 1 is 1.11 bits per heavy atom. The molecule has 0 bridgehead atoms. The number of hydrogen-bond acceptors (Lipinski definition) is 6. The molecular formula is C27H32BrN3O5. The molecule has 0 aliphatic rings. The highest BCUT2D eigenvalue weighted by molar-refractivity contribution is 9.10. The first-order valence-corrected chi connectivity index (χ1v) is 12.4. The summed E-state index contributed by atoms with van der Waals surface area (Å²) in [6.07, 6.45) is 0. The van der Waals surface area contributed by atoms with Gasteiger partial charge in [-0.2, -0.15) is 0 Å². The van der Waals surface area contributed by atoms with Crippen molar-refractivity contribution in [1.29, 1.82) is 0 Å². The fourth-order valence-electron chi connectivity index (χ4n) is 4.19. The Bertz CT molecular complexity index is 1220. The lowest BCUT2D eigenvalue weighted by molar-refractivity contribution is -0.128. The lowest BCUT2D eigenvalue weighted by Gasteiger charge is -2.32. The minimum atomic E-state index is -0.888. The molecule has 0 spiro atoms. The van der Waals surface area contributed by atoms with Crippen molar-refractivity contribution in [2.45, 2.75) is 19.5 Å². The average molecular weight is 558 g/mol. The molecule has 8 nitrogen and oxygen atoms in total. The first-order chi connectivity index (χ1) is 17.3. The van der Waals surface area contributed by atoms with E-state index in [0.29, 0.717) is 11.4 Å². The lowest BCUT2D eigenvalue weighted by atomic mass is 9.98. The van der Waals surface area contributed by atoms with E-state index in [1.165, 1.54) is 11.0 Å². The summed E-state index contributed by atoms with van der Waals surface area (Å²) in [6, 6.07) is 15.5. The van der Waals surface area contributed by atoms with Gasteiger partial charge in [-0.25, -0.2) is 0 Å². The number of fused-ring (bicyclic) bond motifs is 1. The first-order valence-electron chi connectivity index (χ1n) is 11.6. The summed E-state index contributed by atoms with van der Waals surface area (Å²) in [6.45, 7) is 2.27. The number of phenols is 1. The number of carbonyl (C=O) groups is 2. The van der Waals surface area contributed by atoms with Gasteiger partial charge in [0.1, 0.15) is 17.5 Å². The minimum Gasteiger partial charge on any atom is -0.506 e. The van der Waals surface area contributed by atoms with Gasteiger partial charge in [0.25, 0.3) is 0 Å². The first kappa shape index (κ1) is 27.4. The van der Waals surface area contributed by atoms with Crippen molar-refractivity contribution in [3.63, 3.8) is 0 Å². The molecule has 2 amide bonds. The van der Waals surface area contributed by atoms with Crippen LogP contribution in [-0.2, 0) is 20.9 Å². The molecule has 2 atom stereocenters. The molecule has 3 aromatic carbocycles. The number of amides is 2. The second-order valence-electron chi connectivity index (χ2n) is 8.53. The summed E-state index contributed by atoms with van der Waals surface area (Å²) in [4.78, 5) is 28.1. The van der Waals surface area contributed by atoms with Crippen LogP contribution >= 0.6 is 15.9 Å². The molecule has 3 aromatic rings. The molecule has 1 unspecified atom stereocenters. The molecule has 0 radical (unpaired) electrons. The summed E-state index contributed by atoms with van der Waals surface area (Å²) >= 11 is 3.51. The zero-order valence-corrected chi connectivity index (χ0v) is 22.5. The highest BCUT2D eigenvalue weighted by Gasteiger charge is 2.33. The smallest absolute Gasteiger partial charge is 0.250 e. The molecule has 3 N–H and O–H groups in total. The van der Waals surface area contributed by atoms with Gasteiger partial charge in [-0.1, -0.05) is 47.1 Å². The SMILES string of the molecule is CNCC(=O)N[C@H](C(=O)N(Cc1c(OC)ccc2cc(Br)ccc12)c1ccccc1O)C(C)COC. The van der Waals surface area contributed by atoms with E-state index in [1.54, 1.807) is 39.5 Å². The van der Waals surface area contributed by atoms with E-state index in [9.17, 15) is 14.7 Å². The standard InChI is InChI=1S/C27H32BrN3O5/c1-17(16-35-3)26(30-25(33)14-29-2)27(34)31(22-7-5-6-8-23(22)32)15-21-20-11-10-19(28)13-18(20)9-12-24(21)36-4/h5-13,17,26,29,32H,14-16H2,1-4H3,(H,30,33)/t17?,26-/m0/s1. The Morgan fingerprint density at radius 2 is 1.86 bits per heavy atom. The van der Waals surface area contributed by atoms with Gasteiger partial charge < -0.3 is 30.1 Å². The second kappa shape index (κ2) is 12.7. The van der Waals surface area contributed by atoms with Gasteiger partial charge in [-0.15, -0.1) is 0 Å². The highest BCUT2D eigenvalue weighted by Crippen LogP contribution is 2.35. The number of benzene rings is 3. The maximum atomic E-state index is 14.1. The maximum Gasteiger partial charge on any atom is 0.250 e. The van der Waals surface area contributed by atoms with Crippen molar-refractivity contribution in [2.24, 2.45) is 5.92 Å². The molecular weight excluding hydrogens is 526 g/mol. The van der Waals surface area contributed by atoms with Gasteiger partial charge in [0, 0.05) is 23.1 Å². The topological polar surface area (TPSA) is 100 Å². The third-order valence-electron chi connectivity index (χ3n) is 5.94. The third kappa shape index (κ3) is 6.34. The number of rotatable bonds is 11.